The summed E-state index contributed by atoms with van der Waals surface area (Å²) in [6.45, 7) is 0. The van der Waals surface area contributed by atoms with Gasteiger partial charge in [-0.3, -0.25) is 8.99 Å². The number of hydrogen-bond donors (Lipinski definition) is 1. The minimum absolute atomic E-state index is 0.917. The first-order valence-corrected chi connectivity index (χ1v) is 12.1. The van der Waals surface area contributed by atoms with E-state index in [-0.39, 0.29) is 0 Å². The molecule has 0 fully saturated rings. The fourth-order valence-corrected chi connectivity index (χ4v) is 13.3. The van der Waals surface area contributed by atoms with Crippen LogP contribution in [0.2, 0.25) is 0 Å². The van der Waals surface area contributed by atoms with Crippen molar-refractivity contribution in [2.75, 3.05) is 0 Å². The van der Waals surface area contributed by atoms with E-state index in [1.165, 1.54) is 0 Å². The van der Waals surface area contributed by atoms with E-state index < -0.39 is 11.5 Å². The maximum atomic E-state index is 8.62. The van der Waals surface area contributed by atoms with Gasteiger partial charge in [0.15, 0.2) is 0 Å². The van der Waals surface area contributed by atoms with Crippen molar-refractivity contribution in [3.05, 3.63) is 10.8 Å². The van der Waals surface area contributed by atoms with E-state index in [9.17, 15) is 0 Å². The van der Waals surface area contributed by atoms with E-state index in [4.69, 9.17) is 8.99 Å². The van der Waals surface area contributed by atoms with Crippen molar-refractivity contribution in [2.24, 2.45) is 0 Å². The van der Waals surface area contributed by atoms with Crippen molar-refractivity contribution >= 4 is 82.2 Å². The van der Waals surface area contributed by atoms with Crippen LogP contribution in [0.25, 0.3) is 0 Å². The standard InChI is InChI=1S/C2H2S7.H3NOS/c1-2-4-6-8-9-7-5-3-1;1-3-2/h1-2H;1H,3H2. The van der Waals surface area contributed by atoms with Gasteiger partial charge < -0.3 is 0 Å². The molecule has 1 aliphatic rings. The second-order valence-corrected chi connectivity index (χ2v) is 12.0. The van der Waals surface area contributed by atoms with Crippen LogP contribution in [0.15, 0.2) is 10.8 Å². The molecule has 0 aromatic rings. The number of nitrogens with one attached hydrogen (secondary N) is 1. The predicted molar refractivity (Wildman–Crippen MR) is 75.9 cm³/mol. The average Bonchev–Trinajstić information content (AvgIpc) is 2.19. The second kappa shape index (κ2) is 13.1. The van der Waals surface area contributed by atoms with Gasteiger partial charge in [-0.2, -0.15) is 0 Å². The van der Waals surface area contributed by atoms with Crippen molar-refractivity contribution < 1.29 is 4.21 Å². The molecule has 0 saturated carbocycles. The lowest BCUT2D eigenvalue weighted by molar-refractivity contribution is 0.697. The molecule has 0 unspecified atom stereocenters. The maximum Gasteiger partial charge on any atom is 0.0218 e. The average molecular weight is 316 g/mol. The molecule has 0 spiro atoms. The monoisotopic (exact) mass is 315 g/mol. The molecule has 2 nitrogen and oxygen atoms in total. The van der Waals surface area contributed by atoms with Gasteiger partial charge in [-0.05, 0) is 59.9 Å². The van der Waals surface area contributed by atoms with E-state index in [1.807, 2.05) is 29.5 Å². The largest absolute Gasteiger partial charge is 0.258 e. The molecule has 1 aliphatic heterocycles. The molecular weight excluding hydrogens is 311 g/mol. The molecular formula is C2H5NOS8. The molecule has 0 radical (unpaired) electrons. The Morgan fingerprint density at radius 3 is 1.67 bits per heavy atom. The molecule has 1 N–H and O–H groups in total. The quantitative estimate of drug-likeness (QED) is 0.654. The summed E-state index contributed by atoms with van der Waals surface area (Å²) in [5.41, 5.74) is 0. The summed E-state index contributed by atoms with van der Waals surface area (Å²) in [6, 6.07) is 0. The first kappa shape index (κ1) is 14.1. The van der Waals surface area contributed by atoms with Crippen LogP contribution >= 0.6 is 70.7 Å². The van der Waals surface area contributed by atoms with E-state index >= 15 is 0 Å². The minimum atomic E-state index is -0.917. The topological polar surface area (TPSA) is 40.9 Å². The fourth-order valence-electron chi connectivity index (χ4n) is 0.157. The Bertz CT molecular complexity index is 143. The normalized spacial score (nSPS) is 19.0. The Labute approximate surface area is 101 Å². The highest BCUT2D eigenvalue weighted by atomic mass is 33.9. The summed E-state index contributed by atoms with van der Waals surface area (Å²) in [6.07, 6.45) is 0. The van der Waals surface area contributed by atoms with Gasteiger partial charge in [-0.25, -0.2) is 0 Å². The molecule has 1 rings (SSSR count). The van der Waals surface area contributed by atoms with Gasteiger partial charge in [0.1, 0.15) is 0 Å². The Morgan fingerprint density at radius 2 is 1.25 bits per heavy atom. The highest BCUT2D eigenvalue weighted by molar-refractivity contribution is 9.46. The van der Waals surface area contributed by atoms with E-state index in [0.717, 1.165) is 0 Å². The first-order valence-electron chi connectivity index (χ1n) is 2.26. The summed E-state index contributed by atoms with van der Waals surface area (Å²) in [4.78, 5) is 0. The lowest BCUT2D eigenvalue weighted by atomic mass is 11.3. The summed E-state index contributed by atoms with van der Waals surface area (Å²) < 4.78 is 14.3. The van der Waals surface area contributed by atoms with Gasteiger partial charge >= 0.3 is 0 Å². The fraction of sp³-hybridized carbons (Fsp3) is 0. The Kier molecular flexibility index (Phi) is 15.5. The molecule has 72 valence electrons. The van der Waals surface area contributed by atoms with Crippen LogP contribution in [-0.4, -0.2) is 4.21 Å². The van der Waals surface area contributed by atoms with Crippen molar-refractivity contribution in [2.45, 2.75) is 0 Å². The molecule has 0 amide bonds. The third kappa shape index (κ3) is 12.1. The number of rotatable bonds is 0. The van der Waals surface area contributed by atoms with Crippen molar-refractivity contribution in [3.63, 3.8) is 0 Å². The predicted octanol–water partition coefficient (Wildman–Crippen LogP) is 4.52. The van der Waals surface area contributed by atoms with Crippen LogP contribution in [0.4, 0.5) is 0 Å². The van der Waals surface area contributed by atoms with Gasteiger partial charge in [0, 0.05) is 11.5 Å². The highest BCUT2D eigenvalue weighted by Crippen LogP contribution is 2.57. The number of hydrogen-bond acceptors (Lipinski definition) is 9. The van der Waals surface area contributed by atoms with Crippen LogP contribution in [-0.2, 0) is 11.5 Å². The van der Waals surface area contributed by atoms with Gasteiger partial charge in [-0.15, -0.1) is 0 Å². The molecule has 0 saturated heterocycles. The van der Waals surface area contributed by atoms with E-state index in [0.29, 0.717) is 0 Å². The zero-order valence-electron chi connectivity index (χ0n) is 5.42. The first-order chi connectivity index (χ1) is 5.91. The maximum absolute atomic E-state index is 8.62. The minimum Gasteiger partial charge on any atom is -0.258 e. The van der Waals surface area contributed by atoms with Gasteiger partial charge in [-0.1, -0.05) is 21.6 Å². The summed E-state index contributed by atoms with van der Waals surface area (Å²) in [5.74, 6) is 0. The summed E-state index contributed by atoms with van der Waals surface area (Å²) >= 11 is -0.917. The van der Waals surface area contributed by atoms with Crippen LogP contribution in [0, 0.1) is 4.78 Å². The third-order valence-electron chi connectivity index (χ3n) is 0.356. The summed E-state index contributed by atoms with van der Waals surface area (Å²) in [5, 5.41) is 4.23. The van der Waals surface area contributed by atoms with Crippen molar-refractivity contribution in [3.8, 4) is 0 Å². The molecule has 10 heteroatoms. The third-order valence-corrected chi connectivity index (χ3v) is 12.6. The molecule has 1 heterocycles. The molecule has 0 atom stereocenters. The Balaban J connectivity index is 0.000000354. The van der Waals surface area contributed by atoms with E-state index in [1.54, 1.807) is 41.2 Å². The van der Waals surface area contributed by atoms with E-state index in [2.05, 4.69) is 10.8 Å². The lowest BCUT2D eigenvalue weighted by Crippen LogP contribution is -1.32. The van der Waals surface area contributed by atoms with Gasteiger partial charge in [0.25, 0.3) is 0 Å². The molecule has 12 heavy (non-hydrogen) atoms. The molecule has 0 aromatic carbocycles. The van der Waals surface area contributed by atoms with Crippen LogP contribution in [0.5, 0.6) is 0 Å². The Hall–Kier alpha value is 2.14. The van der Waals surface area contributed by atoms with Crippen LogP contribution in [0.1, 0.15) is 0 Å². The summed E-state index contributed by atoms with van der Waals surface area (Å²) in [7, 11) is 12.6. The van der Waals surface area contributed by atoms with Gasteiger partial charge in [0.2, 0.25) is 0 Å². The smallest absolute Gasteiger partial charge is 0.0218 e. The van der Waals surface area contributed by atoms with Crippen molar-refractivity contribution in [1.82, 2.24) is 0 Å². The SMILES string of the molecule is C1=CSSSSSSS1.N=[SH2]=O. The van der Waals surface area contributed by atoms with Crippen LogP contribution in [0.3, 0.4) is 0 Å². The van der Waals surface area contributed by atoms with Gasteiger partial charge in [0.05, 0.1) is 0 Å². The lowest BCUT2D eigenvalue weighted by Gasteiger charge is -1.89. The molecule has 0 bridgehead atoms. The zero-order chi connectivity index (χ0) is 9.07. The second-order valence-electron chi connectivity index (χ2n) is 0.907. The Morgan fingerprint density at radius 1 is 0.917 bits per heavy atom. The van der Waals surface area contributed by atoms with Crippen LogP contribution < -0.4 is 0 Å². The zero-order valence-corrected chi connectivity index (χ0v) is 12.1. The highest BCUT2D eigenvalue weighted by Gasteiger charge is 1.94. The molecule has 0 aliphatic carbocycles. The van der Waals surface area contributed by atoms with Crippen molar-refractivity contribution in [1.29, 1.82) is 4.78 Å². The molecule has 0 aromatic heterocycles.